The largest absolute Gasteiger partial charge is 0.419 e. The van der Waals surface area contributed by atoms with Crippen molar-refractivity contribution in [3.8, 4) is 0 Å². The lowest BCUT2D eigenvalue weighted by atomic mass is 9.98. The Morgan fingerprint density at radius 3 is 2.57 bits per heavy atom. The van der Waals surface area contributed by atoms with Crippen molar-refractivity contribution in [1.29, 1.82) is 0 Å². The van der Waals surface area contributed by atoms with E-state index in [-0.39, 0.29) is 17.3 Å². The minimum absolute atomic E-state index is 0.0575. The minimum atomic E-state index is -4.81. The average Bonchev–Trinajstić information content (AvgIpc) is 3.18. The molecule has 0 radical (unpaired) electrons. The number of rotatable bonds is 8. The van der Waals surface area contributed by atoms with Gasteiger partial charge in [0.1, 0.15) is 5.82 Å². The number of halogens is 4. The molecule has 1 saturated heterocycles. The number of carbonyl (C=O) groups excluding carboxylic acids is 2. The Hall–Kier alpha value is -3.27. The molecule has 2 heterocycles. The van der Waals surface area contributed by atoms with Crippen LogP contribution in [0.25, 0.3) is 10.9 Å². The number of alkyl halides is 3. The lowest BCUT2D eigenvalue weighted by molar-refractivity contribution is -0.140. The van der Waals surface area contributed by atoms with E-state index in [1.54, 1.807) is 17.9 Å². The summed E-state index contributed by atoms with van der Waals surface area (Å²) in [5.41, 5.74) is 0.792. The van der Waals surface area contributed by atoms with Gasteiger partial charge in [0.25, 0.3) is 5.91 Å². The van der Waals surface area contributed by atoms with Crippen molar-refractivity contribution in [1.82, 2.24) is 14.7 Å². The van der Waals surface area contributed by atoms with Crippen molar-refractivity contribution in [2.45, 2.75) is 32.5 Å². The van der Waals surface area contributed by atoms with Crippen molar-refractivity contribution in [2.24, 2.45) is 5.92 Å². The summed E-state index contributed by atoms with van der Waals surface area (Å²) >= 11 is 0. The second-order valence-electron chi connectivity index (χ2n) is 8.81. The number of amides is 1. The van der Waals surface area contributed by atoms with Gasteiger partial charge < -0.3 is 9.64 Å². The number of Topliss-reactive ketones (excluding diaryl/α,β-unsaturated/α-hetero) is 1. The zero-order valence-corrected chi connectivity index (χ0v) is 19.4. The van der Waals surface area contributed by atoms with E-state index in [1.165, 1.54) is 4.90 Å². The van der Waals surface area contributed by atoms with Gasteiger partial charge in [0.2, 0.25) is 0 Å². The van der Waals surface area contributed by atoms with Crippen LogP contribution < -0.4 is 0 Å². The Kier molecular flexibility index (Phi) is 6.93. The number of fused-ring (bicyclic) bond motifs is 1. The van der Waals surface area contributed by atoms with Gasteiger partial charge in [0, 0.05) is 68.4 Å². The molecule has 1 aliphatic heterocycles. The van der Waals surface area contributed by atoms with Crippen molar-refractivity contribution in [3.63, 3.8) is 0 Å². The summed E-state index contributed by atoms with van der Waals surface area (Å²) in [5.74, 6) is -1.81. The summed E-state index contributed by atoms with van der Waals surface area (Å²) in [6.45, 7) is 3.74. The molecule has 1 aliphatic rings. The normalized spacial score (nSPS) is 14.4. The maximum absolute atomic E-state index is 13.8. The number of carbonyl (C=O) groups is 2. The van der Waals surface area contributed by atoms with Gasteiger partial charge in [-0.2, -0.15) is 18.3 Å². The van der Waals surface area contributed by atoms with E-state index >= 15 is 0 Å². The van der Waals surface area contributed by atoms with E-state index in [1.807, 2.05) is 19.2 Å². The van der Waals surface area contributed by atoms with Gasteiger partial charge in [-0.1, -0.05) is 0 Å². The molecule has 0 N–H and O–H groups in total. The zero-order chi connectivity index (χ0) is 25.3. The number of hydrogen-bond donors (Lipinski definition) is 0. The number of hydrogen-bond acceptors (Lipinski definition) is 4. The van der Waals surface area contributed by atoms with E-state index in [0.717, 1.165) is 22.5 Å². The first-order chi connectivity index (χ1) is 16.6. The number of ether oxygens (including phenoxy) is 1. The summed E-state index contributed by atoms with van der Waals surface area (Å²) in [4.78, 5) is 26.5. The summed E-state index contributed by atoms with van der Waals surface area (Å²) < 4.78 is 58.8. The molecular weight excluding hydrogens is 466 g/mol. The molecule has 2 aromatic carbocycles. The molecular formula is C25H25F4N3O3. The fourth-order valence-corrected chi connectivity index (χ4v) is 4.36. The number of aryl methyl sites for hydroxylation is 1. The van der Waals surface area contributed by atoms with Gasteiger partial charge in [-0.15, -0.1) is 0 Å². The first-order valence-electron chi connectivity index (χ1n) is 11.2. The third-order valence-electron chi connectivity index (χ3n) is 6.27. The highest BCUT2D eigenvalue weighted by atomic mass is 19.4. The molecule has 186 valence electrons. The lowest BCUT2D eigenvalue weighted by Crippen LogP contribution is -2.51. The maximum atomic E-state index is 13.8. The number of benzene rings is 2. The third-order valence-corrected chi connectivity index (χ3v) is 6.27. The molecule has 0 aliphatic carbocycles. The lowest BCUT2D eigenvalue weighted by Gasteiger charge is -2.39. The quantitative estimate of drug-likeness (QED) is 0.256. The molecule has 35 heavy (non-hydrogen) atoms. The molecule has 3 aromatic rings. The Bertz CT molecular complexity index is 1260. The van der Waals surface area contributed by atoms with Crippen molar-refractivity contribution in [3.05, 3.63) is 64.6 Å². The second kappa shape index (κ2) is 9.77. The molecule has 10 heteroatoms. The zero-order valence-electron chi connectivity index (χ0n) is 19.4. The van der Waals surface area contributed by atoms with Crippen LogP contribution in [0.5, 0.6) is 0 Å². The van der Waals surface area contributed by atoms with Gasteiger partial charge in [0.15, 0.2) is 5.78 Å². The fourth-order valence-electron chi connectivity index (χ4n) is 4.36. The number of ketones is 1. The minimum Gasteiger partial charge on any atom is -0.385 e. The van der Waals surface area contributed by atoms with Crippen LogP contribution in [0.15, 0.2) is 36.5 Å². The summed E-state index contributed by atoms with van der Waals surface area (Å²) in [5, 5.41) is 5.45. The summed E-state index contributed by atoms with van der Waals surface area (Å²) in [7, 11) is 1.60. The van der Waals surface area contributed by atoms with E-state index < -0.39 is 23.5 Å². The Balaban J connectivity index is 1.38. The molecule has 0 atom stereocenters. The highest BCUT2D eigenvalue weighted by Crippen LogP contribution is 2.32. The summed E-state index contributed by atoms with van der Waals surface area (Å²) in [6, 6.07) is 5.83. The SMILES string of the molecule is COCCCC(=O)c1ccc2nn(CC3CN(C(=O)c4ccc(C(F)(F)F)c(F)c4)C3)cc2c1C. The first-order valence-corrected chi connectivity index (χ1v) is 11.2. The predicted octanol–water partition coefficient (Wildman–Crippen LogP) is 4.88. The smallest absolute Gasteiger partial charge is 0.385 e. The molecule has 0 unspecified atom stereocenters. The van der Waals surface area contributed by atoms with Gasteiger partial charge >= 0.3 is 6.18 Å². The summed E-state index contributed by atoms with van der Waals surface area (Å²) in [6.07, 6.45) is -1.87. The second-order valence-corrected chi connectivity index (χ2v) is 8.81. The molecule has 0 spiro atoms. The molecule has 4 rings (SSSR count). The fraction of sp³-hybridized carbons (Fsp3) is 0.400. The maximum Gasteiger partial charge on any atom is 0.419 e. The van der Waals surface area contributed by atoms with Crippen LogP contribution in [0.1, 0.15) is 44.7 Å². The van der Waals surface area contributed by atoms with Crippen LogP contribution >= 0.6 is 0 Å². The molecule has 1 aromatic heterocycles. The van der Waals surface area contributed by atoms with Crippen LogP contribution in [0.4, 0.5) is 17.6 Å². The molecule has 1 amide bonds. The number of aromatic nitrogens is 2. The standard InChI is InChI=1S/C25H25F4N3O3/c1-15-18(23(33)4-3-9-35-2)6-8-22-19(15)14-32(30-22)13-16-11-31(12-16)24(34)17-5-7-20(21(26)10-17)25(27,28)29/h5-8,10,14,16H,3-4,9,11-13H2,1-2H3. The average molecular weight is 491 g/mol. The topological polar surface area (TPSA) is 64.4 Å². The Morgan fingerprint density at radius 2 is 1.91 bits per heavy atom. The van der Waals surface area contributed by atoms with E-state index in [0.29, 0.717) is 56.8 Å². The van der Waals surface area contributed by atoms with Crippen molar-refractivity contribution < 1.29 is 31.9 Å². The van der Waals surface area contributed by atoms with Crippen LogP contribution in [0.3, 0.4) is 0 Å². The Labute approximate surface area is 199 Å². The monoisotopic (exact) mass is 491 g/mol. The third kappa shape index (κ3) is 5.22. The predicted molar refractivity (Wildman–Crippen MR) is 121 cm³/mol. The number of likely N-dealkylation sites (tertiary alicyclic amines) is 1. The van der Waals surface area contributed by atoms with E-state index in [4.69, 9.17) is 4.74 Å². The molecule has 1 fully saturated rings. The molecule has 6 nitrogen and oxygen atoms in total. The van der Waals surface area contributed by atoms with E-state index in [9.17, 15) is 27.2 Å². The Morgan fingerprint density at radius 1 is 1.17 bits per heavy atom. The van der Waals surface area contributed by atoms with Crippen molar-refractivity contribution in [2.75, 3.05) is 26.8 Å². The highest BCUT2D eigenvalue weighted by Gasteiger charge is 2.36. The molecule has 0 saturated carbocycles. The van der Waals surface area contributed by atoms with Gasteiger partial charge in [0.05, 0.1) is 11.1 Å². The van der Waals surface area contributed by atoms with Gasteiger partial charge in [-0.05, 0) is 49.2 Å². The van der Waals surface area contributed by atoms with Crippen LogP contribution in [0.2, 0.25) is 0 Å². The number of methoxy groups -OCH3 is 1. The first kappa shape index (κ1) is 24.8. The van der Waals surface area contributed by atoms with Gasteiger partial charge in [-0.3, -0.25) is 14.3 Å². The number of nitrogens with zero attached hydrogens (tertiary/aromatic N) is 3. The highest BCUT2D eigenvalue weighted by molar-refractivity contribution is 6.01. The van der Waals surface area contributed by atoms with Crippen LogP contribution in [-0.2, 0) is 17.5 Å². The van der Waals surface area contributed by atoms with Crippen LogP contribution in [0, 0.1) is 18.7 Å². The van der Waals surface area contributed by atoms with Crippen molar-refractivity contribution >= 4 is 22.6 Å². The van der Waals surface area contributed by atoms with Crippen LogP contribution in [-0.4, -0.2) is 53.2 Å². The molecule has 0 bridgehead atoms. The van der Waals surface area contributed by atoms with E-state index in [2.05, 4.69) is 5.10 Å². The van der Waals surface area contributed by atoms with Gasteiger partial charge in [-0.25, -0.2) is 4.39 Å².